The number of hydrogen-bond acceptors (Lipinski definition) is 5. The minimum absolute atomic E-state index is 0.0616. The Morgan fingerprint density at radius 3 is 2.19 bits per heavy atom. The van der Waals surface area contributed by atoms with E-state index < -0.39 is 29.3 Å². The zero-order valence-corrected chi connectivity index (χ0v) is 24.6. The molecule has 0 aliphatic rings. The predicted molar refractivity (Wildman–Crippen MR) is 149 cm³/mol. The lowest BCUT2D eigenvalue weighted by Crippen LogP contribution is -2.60. The summed E-state index contributed by atoms with van der Waals surface area (Å²) < 4.78 is 5.38. The highest BCUT2D eigenvalue weighted by Gasteiger charge is 2.43. The Labute approximate surface area is 223 Å². The van der Waals surface area contributed by atoms with Gasteiger partial charge in [0, 0.05) is 17.8 Å². The van der Waals surface area contributed by atoms with Gasteiger partial charge < -0.3 is 20.3 Å². The van der Waals surface area contributed by atoms with Gasteiger partial charge in [0.05, 0.1) is 0 Å². The molecule has 2 unspecified atom stereocenters. The average molecular weight is 522 g/mol. The molecule has 8 heteroatoms. The van der Waals surface area contributed by atoms with Gasteiger partial charge in [0.2, 0.25) is 11.8 Å². The largest absolute Gasteiger partial charge is 0.444 e. The number of carbonyl (C=O) groups is 3. The average Bonchev–Trinajstić information content (AvgIpc) is 2.77. The molecule has 1 aromatic carbocycles. The summed E-state index contributed by atoms with van der Waals surface area (Å²) in [6, 6.07) is 4.07. The van der Waals surface area contributed by atoms with Crippen molar-refractivity contribution in [2.75, 3.05) is 12.3 Å². The lowest BCUT2D eigenvalue weighted by molar-refractivity contribution is -0.148. The summed E-state index contributed by atoms with van der Waals surface area (Å²) in [5.41, 5.74) is 1.37. The van der Waals surface area contributed by atoms with E-state index in [1.54, 1.807) is 25.7 Å². The van der Waals surface area contributed by atoms with E-state index in [2.05, 4.69) is 30.2 Å². The van der Waals surface area contributed by atoms with Gasteiger partial charge in [-0.2, -0.15) is 12.6 Å². The second kappa shape index (κ2) is 13.9. The molecular formula is C28H47N3O4S. The summed E-state index contributed by atoms with van der Waals surface area (Å²) in [6.45, 7) is 17.7. The third-order valence-corrected chi connectivity index (χ3v) is 6.60. The first-order valence-electron chi connectivity index (χ1n) is 13.0. The molecule has 204 valence electrons. The van der Waals surface area contributed by atoms with Crippen LogP contribution in [0.4, 0.5) is 4.79 Å². The van der Waals surface area contributed by atoms with Gasteiger partial charge >= 0.3 is 6.09 Å². The highest BCUT2D eigenvalue weighted by Crippen LogP contribution is 2.34. The molecule has 3 amide bonds. The topological polar surface area (TPSA) is 87.7 Å². The summed E-state index contributed by atoms with van der Waals surface area (Å²) in [4.78, 5) is 42.0. The minimum atomic E-state index is -0.963. The van der Waals surface area contributed by atoms with Crippen LogP contribution in [-0.4, -0.2) is 52.3 Å². The van der Waals surface area contributed by atoms with Crippen molar-refractivity contribution < 1.29 is 19.1 Å². The molecule has 0 fully saturated rings. The number of hydrogen-bond donors (Lipinski definition) is 3. The molecule has 0 aliphatic carbocycles. The van der Waals surface area contributed by atoms with Crippen LogP contribution in [0.25, 0.3) is 0 Å². The molecule has 0 aliphatic heterocycles. The van der Waals surface area contributed by atoms with Gasteiger partial charge in [-0.25, -0.2) is 4.79 Å². The monoisotopic (exact) mass is 521 g/mol. The van der Waals surface area contributed by atoms with Crippen LogP contribution in [0.2, 0.25) is 0 Å². The second-order valence-corrected chi connectivity index (χ2v) is 11.4. The lowest BCUT2D eigenvalue weighted by atomic mass is 9.90. The molecule has 0 spiro atoms. The molecular weight excluding hydrogens is 474 g/mol. The standard InChI is InChI=1S/C28H47N3O4S/c1-10-12-13-16-29-24(32)23(21-15-14-19(3)17-20(21)4)31(28(8,9)11-2)25(33)22(18-36)30-26(34)35-27(5,6)7/h14-15,17,22-23,36H,10-13,16,18H2,1-9H3,(H,29,32)(H,30,34). The van der Waals surface area contributed by atoms with E-state index in [1.165, 1.54) is 0 Å². The van der Waals surface area contributed by atoms with Gasteiger partial charge in [0.25, 0.3) is 0 Å². The Bertz CT molecular complexity index is 895. The Balaban J connectivity index is 3.53. The van der Waals surface area contributed by atoms with Crippen LogP contribution in [0.5, 0.6) is 0 Å². The first-order chi connectivity index (χ1) is 16.7. The molecule has 0 radical (unpaired) electrons. The fourth-order valence-corrected chi connectivity index (χ4v) is 4.21. The van der Waals surface area contributed by atoms with Gasteiger partial charge in [0.1, 0.15) is 17.7 Å². The van der Waals surface area contributed by atoms with Crippen LogP contribution in [0.3, 0.4) is 0 Å². The smallest absolute Gasteiger partial charge is 0.408 e. The number of nitrogens with one attached hydrogen (secondary N) is 2. The number of nitrogens with zero attached hydrogens (tertiary/aromatic N) is 1. The second-order valence-electron chi connectivity index (χ2n) is 11.0. The van der Waals surface area contributed by atoms with Crippen molar-refractivity contribution >= 4 is 30.5 Å². The Morgan fingerprint density at radius 2 is 1.69 bits per heavy atom. The number of carbonyl (C=O) groups excluding carboxylic acids is 3. The maximum atomic E-state index is 14.1. The Morgan fingerprint density at radius 1 is 1.06 bits per heavy atom. The molecule has 0 heterocycles. The van der Waals surface area contributed by atoms with Crippen LogP contribution in [0.1, 0.15) is 96.9 Å². The molecule has 1 rings (SSSR count). The van der Waals surface area contributed by atoms with Gasteiger partial charge in [-0.05, 0) is 72.4 Å². The van der Waals surface area contributed by atoms with Crippen LogP contribution >= 0.6 is 12.6 Å². The van der Waals surface area contributed by atoms with Crippen molar-refractivity contribution in [2.45, 2.75) is 111 Å². The number of aryl methyl sites for hydroxylation is 2. The quantitative estimate of drug-likeness (QED) is 0.251. The molecule has 2 N–H and O–H groups in total. The van der Waals surface area contributed by atoms with Crippen molar-refractivity contribution in [1.29, 1.82) is 0 Å². The highest BCUT2D eigenvalue weighted by molar-refractivity contribution is 7.80. The normalized spacial score (nSPS) is 13.5. The molecule has 1 aromatic rings. The van der Waals surface area contributed by atoms with E-state index in [0.29, 0.717) is 13.0 Å². The van der Waals surface area contributed by atoms with E-state index in [0.717, 1.165) is 36.0 Å². The van der Waals surface area contributed by atoms with Gasteiger partial charge in [-0.3, -0.25) is 9.59 Å². The molecule has 0 saturated carbocycles. The number of benzene rings is 1. The Hall–Kier alpha value is -2.22. The predicted octanol–water partition coefficient (Wildman–Crippen LogP) is 5.49. The molecule has 0 saturated heterocycles. The number of thiol groups is 1. The number of rotatable bonds is 12. The first kappa shape index (κ1) is 31.8. The fourth-order valence-electron chi connectivity index (χ4n) is 3.96. The SMILES string of the molecule is CCCCCNC(=O)C(c1ccc(C)cc1C)N(C(=O)C(CS)NC(=O)OC(C)(C)C)C(C)(C)CC. The highest BCUT2D eigenvalue weighted by atomic mass is 32.1. The fraction of sp³-hybridized carbons (Fsp3) is 0.679. The third kappa shape index (κ3) is 9.34. The van der Waals surface area contributed by atoms with Crippen LogP contribution in [-0.2, 0) is 14.3 Å². The lowest BCUT2D eigenvalue weighted by Gasteiger charge is -2.44. The van der Waals surface area contributed by atoms with Crippen LogP contribution in [0, 0.1) is 13.8 Å². The first-order valence-corrected chi connectivity index (χ1v) is 13.6. The number of unbranched alkanes of at least 4 members (excludes halogenated alkanes) is 2. The third-order valence-electron chi connectivity index (χ3n) is 6.23. The number of ether oxygens (including phenoxy) is 1. The summed E-state index contributed by atoms with van der Waals surface area (Å²) >= 11 is 4.36. The van der Waals surface area contributed by atoms with Gasteiger partial charge in [0.15, 0.2) is 0 Å². The Kier molecular flexibility index (Phi) is 12.3. The van der Waals surface area contributed by atoms with Crippen LogP contribution in [0.15, 0.2) is 18.2 Å². The van der Waals surface area contributed by atoms with Crippen LogP contribution < -0.4 is 10.6 Å². The zero-order chi connectivity index (χ0) is 27.7. The van der Waals surface area contributed by atoms with Crippen molar-refractivity contribution in [3.8, 4) is 0 Å². The minimum Gasteiger partial charge on any atom is -0.444 e. The number of amides is 3. The molecule has 36 heavy (non-hydrogen) atoms. The van der Waals surface area contributed by atoms with Crippen molar-refractivity contribution in [1.82, 2.24) is 15.5 Å². The summed E-state index contributed by atoms with van der Waals surface area (Å²) in [6.07, 6.45) is 2.83. The number of alkyl carbamates (subject to hydrolysis) is 1. The van der Waals surface area contributed by atoms with Crippen molar-refractivity contribution in [2.24, 2.45) is 0 Å². The van der Waals surface area contributed by atoms with E-state index in [-0.39, 0.29) is 17.6 Å². The molecule has 0 bridgehead atoms. The van der Waals surface area contributed by atoms with E-state index in [4.69, 9.17) is 4.74 Å². The van der Waals surface area contributed by atoms with E-state index in [9.17, 15) is 14.4 Å². The zero-order valence-electron chi connectivity index (χ0n) is 23.7. The molecule has 7 nitrogen and oxygen atoms in total. The summed E-state index contributed by atoms with van der Waals surface area (Å²) in [7, 11) is 0. The summed E-state index contributed by atoms with van der Waals surface area (Å²) in [5.74, 6) is -0.550. The maximum Gasteiger partial charge on any atom is 0.408 e. The van der Waals surface area contributed by atoms with Crippen molar-refractivity contribution in [3.05, 3.63) is 34.9 Å². The molecule has 2 atom stereocenters. The summed E-state index contributed by atoms with van der Waals surface area (Å²) in [5, 5.41) is 5.72. The van der Waals surface area contributed by atoms with E-state index in [1.807, 2.05) is 52.8 Å². The molecule has 0 aromatic heterocycles. The van der Waals surface area contributed by atoms with Gasteiger partial charge in [-0.15, -0.1) is 0 Å². The van der Waals surface area contributed by atoms with Gasteiger partial charge in [-0.1, -0.05) is 50.5 Å². The van der Waals surface area contributed by atoms with E-state index >= 15 is 0 Å². The maximum absolute atomic E-state index is 14.1. The van der Waals surface area contributed by atoms with Crippen molar-refractivity contribution in [3.63, 3.8) is 0 Å².